The monoisotopic (exact) mass is 262 g/mol. The third-order valence-electron chi connectivity index (χ3n) is 3.30. The summed E-state index contributed by atoms with van der Waals surface area (Å²) >= 11 is 0. The summed E-state index contributed by atoms with van der Waals surface area (Å²) in [6.45, 7) is 6.75. The van der Waals surface area contributed by atoms with Crippen LogP contribution in [0.4, 0.5) is 4.79 Å². The molecule has 4 nitrogen and oxygen atoms in total. The van der Waals surface area contributed by atoms with Crippen molar-refractivity contribution in [2.45, 2.75) is 38.3 Å². The molecule has 2 N–H and O–H groups in total. The van der Waals surface area contributed by atoms with E-state index in [0.29, 0.717) is 13.1 Å². The molecule has 0 aliphatic carbocycles. The molecule has 1 atom stereocenters. The SMILES string of the molecule is CC(C)(C)OC(=O)N1CCC(N)(c2ccccc2)C1. The Balaban J connectivity index is 2.06. The minimum Gasteiger partial charge on any atom is -0.444 e. The summed E-state index contributed by atoms with van der Waals surface area (Å²) in [5.41, 5.74) is 6.56. The van der Waals surface area contributed by atoms with Crippen molar-refractivity contribution in [3.05, 3.63) is 35.9 Å². The van der Waals surface area contributed by atoms with E-state index in [1.165, 1.54) is 0 Å². The molecule has 1 saturated heterocycles. The van der Waals surface area contributed by atoms with Gasteiger partial charge >= 0.3 is 6.09 Å². The average molecular weight is 262 g/mol. The lowest BCUT2D eigenvalue weighted by Gasteiger charge is -2.27. The fraction of sp³-hybridized carbons (Fsp3) is 0.533. The molecule has 1 fully saturated rings. The van der Waals surface area contributed by atoms with Crippen LogP contribution >= 0.6 is 0 Å². The van der Waals surface area contributed by atoms with Crippen LogP contribution < -0.4 is 5.73 Å². The zero-order valence-corrected chi connectivity index (χ0v) is 11.8. The van der Waals surface area contributed by atoms with Gasteiger partial charge in [0.2, 0.25) is 0 Å². The summed E-state index contributed by atoms with van der Waals surface area (Å²) in [4.78, 5) is 13.7. The first-order valence-corrected chi connectivity index (χ1v) is 6.62. The predicted molar refractivity (Wildman–Crippen MR) is 74.7 cm³/mol. The number of carbonyl (C=O) groups excluding carboxylic acids is 1. The highest BCUT2D eigenvalue weighted by molar-refractivity contribution is 5.69. The van der Waals surface area contributed by atoms with Crippen molar-refractivity contribution in [2.75, 3.05) is 13.1 Å². The molecule has 2 rings (SSSR count). The van der Waals surface area contributed by atoms with Crippen molar-refractivity contribution in [3.63, 3.8) is 0 Å². The van der Waals surface area contributed by atoms with Gasteiger partial charge in [-0.3, -0.25) is 0 Å². The van der Waals surface area contributed by atoms with Gasteiger partial charge in [-0.05, 0) is 32.8 Å². The molecule has 4 heteroatoms. The first-order valence-electron chi connectivity index (χ1n) is 6.62. The molecule has 0 aromatic heterocycles. The highest BCUT2D eigenvalue weighted by Gasteiger charge is 2.39. The molecule has 104 valence electrons. The van der Waals surface area contributed by atoms with E-state index in [0.717, 1.165) is 12.0 Å². The Kier molecular flexibility index (Phi) is 3.54. The Morgan fingerprint density at radius 2 is 1.95 bits per heavy atom. The van der Waals surface area contributed by atoms with Crippen LogP contribution in [-0.2, 0) is 10.3 Å². The van der Waals surface area contributed by atoms with Gasteiger partial charge < -0.3 is 15.4 Å². The smallest absolute Gasteiger partial charge is 0.410 e. The maximum absolute atomic E-state index is 12.0. The quantitative estimate of drug-likeness (QED) is 0.846. The van der Waals surface area contributed by atoms with Crippen LogP contribution in [0.25, 0.3) is 0 Å². The molecule has 0 bridgehead atoms. The van der Waals surface area contributed by atoms with Crippen LogP contribution in [0.15, 0.2) is 30.3 Å². The molecular weight excluding hydrogens is 240 g/mol. The number of amides is 1. The van der Waals surface area contributed by atoms with Gasteiger partial charge in [0.05, 0.1) is 5.54 Å². The summed E-state index contributed by atoms with van der Waals surface area (Å²) in [7, 11) is 0. The van der Waals surface area contributed by atoms with Crippen molar-refractivity contribution in [1.29, 1.82) is 0 Å². The number of nitrogens with two attached hydrogens (primary N) is 1. The van der Waals surface area contributed by atoms with Crippen LogP contribution in [0, 0.1) is 0 Å². The summed E-state index contributed by atoms with van der Waals surface area (Å²) < 4.78 is 5.38. The van der Waals surface area contributed by atoms with E-state index >= 15 is 0 Å². The Morgan fingerprint density at radius 1 is 1.32 bits per heavy atom. The van der Waals surface area contributed by atoms with Crippen molar-refractivity contribution in [1.82, 2.24) is 4.90 Å². The van der Waals surface area contributed by atoms with Gasteiger partial charge in [-0.25, -0.2) is 4.79 Å². The average Bonchev–Trinajstić information content (AvgIpc) is 2.73. The van der Waals surface area contributed by atoms with E-state index in [-0.39, 0.29) is 6.09 Å². The first kappa shape index (κ1) is 13.9. The molecule has 1 aromatic carbocycles. The summed E-state index contributed by atoms with van der Waals surface area (Å²) in [5.74, 6) is 0. The van der Waals surface area contributed by atoms with Crippen LogP contribution in [-0.4, -0.2) is 29.7 Å². The third-order valence-corrected chi connectivity index (χ3v) is 3.30. The molecule has 19 heavy (non-hydrogen) atoms. The second-order valence-electron chi connectivity index (χ2n) is 6.17. The number of benzene rings is 1. The number of likely N-dealkylation sites (tertiary alicyclic amines) is 1. The topological polar surface area (TPSA) is 55.6 Å². The second-order valence-corrected chi connectivity index (χ2v) is 6.17. The number of nitrogens with zero attached hydrogens (tertiary/aromatic N) is 1. The molecule has 1 unspecified atom stereocenters. The van der Waals surface area contributed by atoms with Crippen LogP contribution in [0.1, 0.15) is 32.8 Å². The van der Waals surface area contributed by atoms with E-state index in [2.05, 4.69) is 0 Å². The van der Waals surface area contributed by atoms with E-state index in [4.69, 9.17) is 10.5 Å². The minimum absolute atomic E-state index is 0.282. The lowest BCUT2D eigenvalue weighted by atomic mass is 9.90. The number of carbonyl (C=O) groups is 1. The van der Waals surface area contributed by atoms with Gasteiger partial charge in [-0.2, -0.15) is 0 Å². The summed E-state index contributed by atoms with van der Waals surface area (Å²) in [6.07, 6.45) is 0.478. The second kappa shape index (κ2) is 4.85. The van der Waals surface area contributed by atoms with Gasteiger partial charge in [0.15, 0.2) is 0 Å². The number of rotatable bonds is 1. The molecule has 1 aliphatic rings. The minimum atomic E-state index is -0.469. The first-order chi connectivity index (χ1) is 8.80. The maximum Gasteiger partial charge on any atom is 0.410 e. The van der Waals surface area contributed by atoms with Crippen molar-refractivity contribution >= 4 is 6.09 Å². The van der Waals surface area contributed by atoms with Gasteiger partial charge in [-0.15, -0.1) is 0 Å². The maximum atomic E-state index is 12.0. The van der Waals surface area contributed by atoms with Gasteiger partial charge in [0.25, 0.3) is 0 Å². The number of hydrogen-bond donors (Lipinski definition) is 1. The Morgan fingerprint density at radius 3 is 2.53 bits per heavy atom. The predicted octanol–water partition coefficient (Wildman–Crippen LogP) is 2.48. The van der Waals surface area contributed by atoms with Crippen LogP contribution in [0.3, 0.4) is 0 Å². The zero-order chi connectivity index (χ0) is 14.1. The summed E-state index contributed by atoms with van der Waals surface area (Å²) in [5, 5.41) is 0. The largest absolute Gasteiger partial charge is 0.444 e. The Hall–Kier alpha value is -1.55. The van der Waals surface area contributed by atoms with Gasteiger partial charge in [0.1, 0.15) is 5.60 Å². The van der Waals surface area contributed by atoms with Crippen molar-refractivity contribution in [3.8, 4) is 0 Å². The molecule has 1 aromatic rings. The standard InChI is InChI=1S/C15H22N2O2/c1-14(2,3)19-13(18)17-10-9-15(16,11-17)12-7-5-4-6-8-12/h4-8H,9-11,16H2,1-3H3. The van der Waals surface area contributed by atoms with Gasteiger partial charge in [-0.1, -0.05) is 30.3 Å². The van der Waals surface area contributed by atoms with Crippen molar-refractivity contribution < 1.29 is 9.53 Å². The molecule has 1 heterocycles. The van der Waals surface area contributed by atoms with E-state index < -0.39 is 11.1 Å². The highest BCUT2D eigenvalue weighted by atomic mass is 16.6. The zero-order valence-electron chi connectivity index (χ0n) is 11.8. The van der Waals surface area contributed by atoms with Gasteiger partial charge in [0, 0.05) is 13.1 Å². The Bertz CT molecular complexity index is 453. The fourth-order valence-electron chi connectivity index (χ4n) is 2.32. The highest BCUT2D eigenvalue weighted by Crippen LogP contribution is 2.30. The van der Waals surface area contributed by atoms with E-state index in [1.54, 1.807) is 4.90 Å². The third kappa shape index (κ3) is 3.26. The molecule has 0 radical (unpaired) electrons. The van der Waals surface area contributed by atoms with Crippen molar-refractivity contribution in [2.24, 2.45) is 5.73 Å². The number of ether oxygens (including phenoxy) is 1. The van der Waals surface area contributed by atoms with E-state index in [1.807, 2.05) is 51.1 Å². The Labute approximate surface area is 114 Å². The molecule has 1 amide bonds. The lowest BCUT2D eigenvalue weighted by Crippen LogP contribution is -2.42. The number of hydrogen-bond acceptors (Lipinski definition) is 3. The lowest BCUT2D eigenvalue weighted by molar-refractivity contribution is 0.0284. The molecule has 0 spiro atoms. The fourth-order valence-corrected chi connectivity index (χ4v) is 2.32. The molecule has 0 saturated carbocycles. The summed E-state index contributed by atoms with van der Waals surface area (Å²) in [6, 6.07) is 9.94. The van der Waals surface area contributed by atoms with Crippen LogP contribution in [0.2, 0.25) is 0 Å². The molecular formula is C15H22N2O2. The normalized spacial score (nSPS) is 23.5. The molecule has 1 aliphatic heterocycles. The van der Waals surface area contributed by atoms with Crippen LogP contribution in [0.5, 0.6) is 0 Å². The van der Waals surface area contributed by atoms with E-state index in [9.17, 15) is 4.79 Å².